The van der Waals surface area contributed by atoms with Gasteiger partial charge >= 0.3 is 6.09 Å². The number of hydrogen-bond donors (Lipinski definition) is 1. The van der Waals surface area contributed by atoms with Gasteiger partial charge in [0.2, 0.25) is 0 Å². The summed E-state index contributed by atoms with van der Waals surface area (Å²) in [6, 6.07) is 19.7. The smallest absolute Gasteiger partial charge is 0.408 e. The van der Waals surface area contributed by atoms with Crippen LogP contribution in [0.5, 0.6) is 5.75 Å². The molecule has 192 valence electrons. The lowest BCUT2D eigenvalue weighted by Crippen LogP contribution is -2.56. The number of alkyl carbamates (subject to hydrolysis) is 1. The molecule has 3 atom stereocenters. The molecule has 0 aromatic heterocycles. The van der Waals surface area contributed by atoms with Crippen LogP contribution >= 0.6 is 0 Å². The van der Waals surface area contributed by atoms with Crippen LogP contribution in [-0.4, -0.2) is 66.9 Å². The van der Waals surface area contributed by atoms with Gasteiger partial charge in [0, 0.05) is 39.3 Å². The van der Waals surface area contributed by atoms with Gasteiger partial charge in [0.15, 0.2) is 0 Å². The molecule has 0 saturated carbocycles. The van der Waals surface area contributed by atoms with Gasteiger partial charge < -0.3 is 19.7 Å². The van der Waals surface area contributed by atoms with Gasteiger partial charge in [-0.2, -0.15) is 5.26 Å². The number of piperidine rings is 2. The number of hydrogen-bond acceptors (Lipinski definition) is 6. The zero-order valence-corrected chi connectivity index (χ0v) is 21.7. The highest BCUT2D eigenvalue weighted by Gasteiger charge is 2.35. The molecular formula is C29H38N4O3. The lowest BCUT2D eigenvalue weighted by molar-refractivity contribution is 0.0178. The topological polar surface area (TPSA) is 77.8 Å². The Morgan fingerprint density at radius 2 is 1.67 bits per heavy atom. The summed E-state index contributed by atoms with van der Waals surface area (Å²) < 4.78 is 11.5. The van der Waals surface area contributed by atoms with Crippen LogP contribution in [0.1, 0.15) is 38.3 Å². The van der Waals surface area contributed by atoms with Gasteiger partial charge in [0.25, 0.3) is 0 Å². The second-order valence-electron chi connectivity index (χ2n) is 11.2. The highest BCUT2D eigenvalue weighted by molar-refractivity contribution is 5.68. The molecule has 1 N–H and O–H groups in total. The molecule has 2 aromatic rings. The molecule has 0 aliphatic carbocycles. The van der Waals surface area contributed by atoms with Crippen molar-refractivity contribution < 1.29 is 14.3 Å². The summed E-state index contributed by atoms with van der Waals surface area (Å²) in [4.78, 5) is 17.6. The first kappa shape index (κ1) is 26.0. The quantitative estimate of drug-likeness (QED) is 0.595. The third kappa shape index (κ3) is 7.97. The molecule has 7 heteroatoms. The number of rotatable bonds is 8. The van der Waals surface area contributed by atoms with Gasteiger partial charge in [0.05, 0.1) is 17.7 Å². The number of amides is 1. The number of nitrogens with one attached hydrogen (secondary N) is 1. The third-order valence-electron chi connectivity index (χ3n) is 6.62. The maximum atomic E-state index is 12.6. The Labute approximate surface area is 215 Å². The highest BCUT2D eigenvalue weighted by Crippen LogP contribution is 2.29. The Morgan fingerprint density at radius 1 is 1.03 bits per heavy atom. The summed E-state index contributed by atoms with van der Waals surface area (Å²) in [5.74, 6) is 1.93. The predicted octanol–water partition coefficient (Wildman–Crippen LogP) is 4.28. The molecule has 1 amide bonds. The largest absolute Gasteiger partial charge is 0.491 e. The number of benzene rings is 2. The van der Waals surface area contributed by atoms with Crippen molar-refractivity contribution in [3.8, 4) is 11.8 Å². The van der Waals surface area contributed by atoms with Crippen molar-refractivity contribution in [1.82, 2.24) is 15.1 Å². The van der Waals surface area contributed by atoms with E-state index in [0.29, 0.717) is 36.3 Å². The number of nitriles is 1. The zero-order valence-electron chi connectivity index (χ0n) is 21.7. The molecule has 2 fully saturated rings. The average Bonchev–Trinajstić information content (AvgIpc) is 2.82. The van der Waals surface area contributed by atoms with Gasteiger partial charge in [-0.25, -0.2) is 4.79 Å². The average molecular weight is 491 g/mol. The molecule has 4 rings (SSSR count). The summed E-state index contributed by atoms with van der Waals surface area (Å²) in [7, 11) is 0. The maximum Gasteiger partial charge on any atom is 0.408 e. The molecule has 36 heavy (non-hydrogen) atoms. The van der Waals surface area contributed by atoms with E-state index < -0.39 is 11.7 Å². The lowest BCUT2D eigenvalue weighted by atomic mass is 9.84. The summed E-state index contributed by atoms with van der Waals surface area (Å²) in [5, 5.41) is 12.0. The van der Waals surface area contributed by atoms with Crippen molar-refractivity contribution >= 4 is 6.09 Å². The van der Waals surface area contributed by atoms with Gasteiger partial charge in [0.1, 0.15) is 18.0 Å². The predicted molar refractivity (Wildman–Crippen MR) is 140 cm³/mol. The summed E-state index contributed by atoms with van der Waals surface area (Å²) in [6.07, 6.45) is 0.843. The molecular weight excluding hydrogens is 452 g/mol. The first-order valence-electron chi connectivity index (χ1n) is 12.9. The van der Waals surface area contributed by atoms with E-state index >= 15 is 0 Å². The van der Waals surface area contributed by atoms with Crippen molar-refractivity contribution in [3.05, 3.63) is 65.7 Å². The van der Waals surface area contributed by atoms with E-state index in [1.165, 1.54) is 12.0 Å². The summed E-state index contributed by atoms with van der Waals surface area (Å²) in [5.41, 5.74) is 1.40. The Morgan fingerprint density at radius 3 is 2.28 bits per heavy atom. The van der Waals surface area contributed by atoms with Crippen LogP contribution in [0.25, 0.3) is 0 Å². The van der Waals surface area contributed by atoms with Crippen LogP contribution in [0.4, 0.5) is 4.79 Å². The van der Waals surface area contributed by atoms with Gasteiger partial charge in [-0.05, 0) is 68.9 Å². The van der Waals surface area contributed by atoms with E-state index in [1.54, 1.807) is 24.3 Å². The fourth-order valence-electron chi connectivity index (χ4n) is 5.36. The SMILES string of the molecule is CC(C)(C)OC(=O)N[C@H](COc1ccc(C#N)cc1)CN1CC2CC(CN(Cc3ccccc3)C2)C1. The van der Waals surface area contributed by atoms with E-state index in [4.69, 9.17) is 14.7 Å². The first-order chi connectivity index (χ1) is 17.3. The van der Waals surface area contributed by atoms with E-state index in [-0.39, 0.29) is 6.04 Å². The summed E-state index contributed by atoms with van der Waals surface area (Å²) in [6.45, 7) is 11.9. The molecule has 7 nitrogen and oxygen atoms in total. The molecule has 2 saturated heterocycles. The van der Waals surface area contributed by atoms with Crippen molar-refractivity contribution in [2.75, 3.05) is 39.3 Å². The number of carbonyl (C=O) groups is 1. The lowest BCUT2D eigenvalue weighted by Gasteiger charge is -2.46. The highest BCUT2D eigenvalue weighted by atomic mass is 16.6. The normalized spacial score (nSPS) is 21.3. The molecule has 2 aromatic carbocycles. The Hall–Kier alpha value is -3.08. The van der Waals surface area contributed by atoms with Crippen LogP contribution in [0.3, 0.4) is 0 Å². The number of likely N-dealkylation sites (tertiary alicyclic amines) is 2. The van der Waals surface area contributed by atoms with Crippen LogP contribution < -0.4 is 10.1 Å². The fraction of sp³-hybridized carbons (Fsp3) is 0.517. The summed E-state index contributed by atoms with van der Waals surface area (Å²) >= 11 is 0. The Bertz CT molecular complexity index is 1020. The minimum atomic E-state index is -0.563. The monoisotopic (exact) mass is 490 g/mol. The molecule has 0 spiro atoms. The van der Waals surface area contributed by atoms with E-state index in [2.05, 4.69) is 51.5 Å². The molecule has 2 aliphatic heterocycles. The van der Waals surface area contributed by atoms with Crippen LogP contribution in [0.2, 0.25) is 0 Å². The molecule has 2 heterocycles. The van der Waals surface area contributed by atoms with E-state index in [0.717, 1.165) is 32.7 Å². The Balaban J connectivity index is 1.35. The molecule has 2 aliphatic rings. The van der Waals surface area contributed by atoms with Crippen LogP contribution in [0, 0.1) is 23.2 Å². The second kappa shape index (κ2) is 11.8. The Kier molecular flexibility index (Phi) is 8.50. The fourth-order valence-corrected chi connectivity index (χ4v) is 5.36. The zero-order chi connectivity index (χ0) is 25.5. The van der Waals surface area contributed by atoms with Crippen molar-refractivity contribution in [3.63, 3.8) is 0 Å². The number of nitrogens with zero attached hydrogens (tertiary/aromatic N) is 3. The standard InChI is InChI=1S/C29H38N4O3/c1-29(2,3)36-28(34)31-26(21-35-27-11-9-22(14-30)10-12-27)20-33-18-24-13-25(19-33)17-32(16-24)15-23-7-5-4-6-8-23/h4-12,24-26H,13,15-21H2,1-3H3,(H,31,34)/t24?,25?,26-/m0/s1. The van der Waals surface area contributed by atoms with Gasteiger partial charge in [-0.1, -0.05) is 30.3 Å². The van der Waals surface area contributed by atoms with Gasteiger partial charge in [-0.3, -0.25) is 4.90 Å². The van der Waals surface area contributed by atoms with Crippen LogP contribution in [0.15, 0.2) is 54.6 Å². The van der Waals surface area contributed by atoms with Crippen molar-refractivity contribution in [2.45, 2.75) is 45.4 Å². The van der Waals surface area contributed by atoms with Gasteiger partial charge in [-0.15, -0.1) is 0 Å². The number of carbonyl (C=O) groups excluding carboxylic acids is 1. The van der Waals surface area contributed by atoms with E-state index in [1.807, 2.05) is 20.8 Å². The maximum absolute atomic E-state index is 12.6. The van der Waals surface area contributed by atoms with Crippen molar-refractivity contribution in [1.29, 1.82) is 5.26 Å². The number of fused-ring (bicyclic) bond motifs is 2. The molecule has 0 radical (unpaired) electrons. The minimum absolute atomic E-state index is 0.213. The van der Waals surface area contributed by atoms with E-state index in [9.17, 15) is 4.79 Å². The molecule has 2 bridgehead atoms. The first-order valence-corrected chi connectivity index (χ1v) is 12.9. The second-order valence-corrected chi connectivity index (χ2v) is 11.2. The third-order valence-corrected chi connectivity index (χ3v) is 6.62. The van der Waals surface area contributed by atoms with Crippen LogP contribution in [-0.2, 0) is 11.3 Å². The minimum Gasteiger partial charge on any atom is -0.491 e. The number of ether oxygens (including phenoxy) is 2. The van der Waals surface area contributed by atoms with Crippen molar-refractivity contribution in [2.24, 2.45) is 11.8 Å². The molecule has 2 unspecified atom stereocenters.